The molecule has 5 nitrogen and oxygen atoms in total. The van der Waals surface area contributed by atoms with Crippen molar-refractivity contribution < 1.29 is 17.9 Å². The van der Waals surface area contributed by atoms with Crippen molar-refractivity contribution in [3.63, 3.8) is 0 Å². The van der Waals surface area contributed by atoms with Crippen LogP contribution in [0.1, 0.15) is 24.8 Å². The zero-order chi connectivity index (χ0) is 24.2. The molecule has 35 heavy (non-hydrogen) atoms. The van der Waals surface area contributed by atoms with Gasteiger partial charge in [0.2, 0.25) is 0 Å². The smallest absolute Gasteiger partial charge is 0.317 e. The van der Waals surface area contributed by atoms with Gasteiger partial charge in [0.05, 0.1) is 11.1 Å². The Morgan fingerprint density at radius 3 is 2.86 bits per heavy atom. The summed E-state index contributed by atoms with van der Waals surface area (Å²) < 4.78 is 50.2. The SMILES string of the molecule is C#Cc1c(F)ccc2cccc(-c3ncc4cnc(OC[C@]56CCCN5C[C@H](F)C6)nc4c3F)c12. The van der Waals surface area contributed by atoms with E-state index in [1.54, 1.807) is 24.3 Å². The van der Waals surface area contributed by atoms with Crippen LogP contribution < -0.4 is 4.74 Å². The molecule has 8 heteroatoms. The fourth-order valence-electron chi connectivity index (χ4n) is 5.55. The van der Waals surface area contributed by atoms with Gasteiger partial charge in [-0.2, -0.15) is 4.98 Å². The fourth-order valence-corrected chi connectivity index (χ4v) is 5.55. The van der Waals surface area contributed by atoms with E-state index in [4.69, 9.17) is 11.2 Å². The van der Waals surface area contributed by atoms with Crippen molar-refractivity contribution >= 4 is 21.7 Å². The average molecular weight is 474 g/mol. The summed E-state index contributed by atoms with van der Waals surface area (Å²) in [7, 11) is 0. The van der Waals surface area contributed by atoms with Crippen molar-refractivity contribution in [3.8, 4) is 29.6 Å². The predicted molar refractivity (Wildman–Crippen MR) is 127 cm³/mol. The molecule has 2 aromatic heterocycles. The van der Waals surface area contributed by atoms with Crippen molar-refractivity contribution in [1.29, 1.82) is 0 Å². The second-order valence-electron chi connectivity index (χ2n) is 9.21. The van der Waals surface area contributed by atoms with Crippen LogP contribution in [0.25, 0.3) is 32.9 Å². The van der Waals surface area contributed by atoms with Crippen molar-refractivity contribution in [3.05, 3.63) is 59.9 Å². The van der Waals surface area contributed by atoms with Crippen molar-refractivity contribution in [2.75, 3.05) is 19.7 Å². The van der Waals surface area contributed by atoms with E-state index in [0.717, 1.165) is 19.4 Å². The van der Waals surface area contributed by atoms with Gasteiger partial charge in [-0.3, -0.25) is 9.88 Å². The van der Waals surface area contributed by atoms with E-state index >= 15 is 4.39 Å². The zero-order valence-electron chi connectivity index (χ0n) is 18.8. The predicted octanol–water partition coefficient (Wildman–Crippen LogP) is 5.06. The Morgan fingerprint density at radius 2 is 2.00 bits per heavy atom. The van der Waals surface area contributed by atoms with Gasteiger partial charge in [0.15, 0.2) is 5.82 Å². The molecule has 176 valence electrons. The molecule has 6 rings (SSSR count). The number of hydrogen-bond donors (Lipinski definition) is 0. The Labute approximate surface area is 200 Å². The van der Waals surface area contributed by atoms with Crippen LogP contribution >= 0.6 is 0 Å². The lowest BCUT2D eigenvalue weighted by molar-refractivity contribution is 0.107. The van der Waals surface area contributed by atoms with Crippen molar-refractivity contribution in [2.45, 2.75) is 31.0 Å². The Morgan fingerprint density at radius 1 is 1.14 bits per heavy atom. The topological polar surface area (TPSA) is 51.1 Å². The first-order valence-corrected chi connectivity index (χ1v) is 11.5. The highest BCUT2D eigenvalue weighted by atomic mass is 19.1. The second-order valence-corrected chi connectivity index (χ2v) is 9.21. The van der Waals surface area contributed by atoms with Crippen molar-refractivity contribution in [2.24, 2.45) is 0 Å². The normalized spacial score (nSPS) is 21.9. The molecule has 0 bridgehead atoms. The molecule has 4 aromatic rings. The van der Waals surface area contributed by atoms with E-state index in [1.807, 2.05) is 0 Å². The van der Waals surface area contributed by atoms with Crippen LogP contribution in [-0.4, -0.2) is 51.3 Å². The monoisotopic (exact) mass is 474 g/mol. The number of pyridine rings is 1. The number of nitrogens with zero attached hydrogens (tertiary/aromatic N) is 4. The number of terminal acetylenes is 1. The van der Waals surface area contributed by atoms with Crippen LogP contribution in [-0.2, 0) is 0 Å². The maximum Gasteiger partial charge on any atom is 0.317 e. The Bertz CT molecular complexity index is 1520. The summed E-state index contributed by atoms with van der Waals surface area (Å²) in [5, 5.41) is 1.48. The fraction of sp³-hybridized carbons (Fsp3) is 0.296. The number of halogens is 3. The van der Waals surface area contributed by atoms with Gasteiger partial charge in [-0.05, 0) is 30.8 Å². The molecule has 0 N–H and O–H groups in total. The first-order chi connectivity index (χ1) is 17.0. The quantitative estimate of drug-likeness (QED) is 0.387. The first kappa shape index (κ1) is 21.8. The molecule has 2 fully saturated rings. The summed E-state index contributed by atoms with van der Waals surface area (Å²) in [5.41, 5.74) is 0.0981. The molecule has 4 heterocycles. The highest BCUT2D eigenvalue weighted by Crippen LogP contribution is 2.40. The second kappa shape index (κ2) is 8.21. The highest BCUT2D eigenvalue weighted by Gasteiger charge is 2.49. The molecule has 0 saturated carbocycles. The van der Waals surface area contributed by atoms with Gasteiger partial charge < -0.3 is 4.74 Å². The molecule has 0 aliphatic carbocycles. The van der Waals surface area contributed by atoms with E-state index in [1.165, 1.54) is 18.5 Å². The Hall–Kier alpha value is -3.70. The molecule has 0 amide bonds. The maximum atomic E-state index is 15.8. The number of benzene rings is 2. The first-order valence-electron chi connectivity index (χ1n) is 11.5. The molecule has 0 unspecified atom stereocenters. The van der Waals surface area contributed by atoms with E-state index in [0.29, 0.717) is 34.7 Å². The van der Waals surface area contributed by atoms with E-state index in [-0.39, 0.29) is 34.9 Å². The average Bonchev–Trinajstić information content (AvgIpc) is 3.38. The molecule has 2 saturated heterocycles. The summed E-state index contributed by atoms with van der Waals surface area (Å²) in [6.07, 6.45) is 9.86. The minimum absolute atomic E-state index is 0.00600. The van der Waals surface area contributed by atoms with Gasteiger partial charge in [-0.15, -0.1) is 6.42 Å². The highest BCUT2D eigenvalue weighted by molar-refractivity contribution is 6.01. The number of ether oxygens (including phenoxy) is 1. The lowest BCUT2D eigenvalue weighted by atomic mass is 9.95. The molecule has 0 spiro atoms. The number of hydrogen-bond acceptors (Lipinski definition) is 5. The third-order valence-electron chi connectivity index (χ3n) is 7.17. The standard InChI is InChI=1S/C27H21F3N4O/c1-2-19-21(29)8-7-16-5-3-6-20(22(16)19)25-23(30)24-17(12-31-25)13-32-26(33-24)35-15-27-9-4-10-34(27)14-18(28)11-27/h1,3,5-8,12-13,18H,4,9-11,14-15H2/t18-,27-/m1/s1. The van der Waals surface area contributed by atoms with Crippen LogP contribution in [0.5, 0.6) is 6.01 Å². The molecular formula is C27H21F3N4O. The lowest BCUT2D eigenvalue weighted by Gasteiger charge is -2.30. The van der Waals surface area contributed by atoms with Gasteiger partial charge in [-0.25, -0.2) is 18.2 Å². The summed E-state index contributed by atoms with van der Waals surface area (Å²) >= 11 is 0. The Kier molecular flexibility index (Phi) is 5.11. The van der Waals surface area contributed by atoms with Crippen LogP contribution in [0.4, 0.5) is 13.2 Å². The van der Waals surface area contributed by atoms with Crippen molar-refractivity contribution in [1.82, 2.24) is 19.9 Å². The van der Waals surface area contributed by atoms with Crippen LogP contribution in [0.2, 0.25) is 0 Å². The number of fused-ring (bicyclic) bond motifs is 3. The molecule has 0 radical (unpaired) electrons. The van der Waals surface area contributed by atoms with Gasteiger partial charge in [-0.1, -0.05) is 30.2 Å². The number of rotatable bonds is 4. The van der Waals surface area contributed by atoms with Crippen LogP contribution in [0.3, 0.4) is 0 Å². The number of aromatic nitrogens is 3. The van der Waals surface area contributed by atoms with Gasteiger partial charge in [0, 0.05) is 41.7 Å². The summed E-state index contributed by atoms with van der Waals surface area (Å²) in [4.78, 5) is 14.9. The van der Waals surface area contributed by atoms with Gasteiger partial charge in [0.1, 0.15) is 29.8 Å². The Balaban J connectivity index is 1.40. The third kappa shape index (κ3) is 3.50. The minimum atomic E-state index is -0.874. The van der Waals surface area contributed by atoms with E-state index < -0.39 is 17.8 Å². The number of alkyl halides is 1. The largest absolute Gasteiger partial charge is 0.461 e. The summed E-state index contributed by atoms with van der Waals surface area (Å²) in [6.45, 7) is 1.50. The van der Waals surface area contributed by atoms with Gasteiger partial charge in [0.25, 0.3) is 0 Å². The van der Waals surface area contributed by atoms with Gasteiger partial charge >= 0.3 is 6.01 Å². The van der Waals surface area contributed by atoms with E-state index in [2.05, 4.69) is 25.8 Å². The van der Waals surface area contributed by atoms with Crippen LogP contribution in [0.15, 0.2) is 42.7 Å². The molecule has 2 aromatic carbocycles. The summed E-state index contributed by atoms with van der Waals surface area (Å²) in [5.74, 6) is 1.14. The lowest BCUT2D eigenvalue weighted by Crippen LogP contribution is -2.43. The molecule has 2 aliphatic heterocycles. The molecule has 2 atom stereocenters. The molecule has 2 aliphatic rings. The molecular weight excluding hydrogens is 453 g/mol. The minimum Gasteiger partial charge on any atom is -0.461 e. The van der Waals surface area contributed by atoms with E-state index in [9.17, 15) is 8.78 Å². The third-order valence-corrected chi connectivity index (χ3v) is 7.17. The summed E-state index contributed by atoms with van der Waals surface area (Å²) in [6, 6.07) is 8.08. The maximum absolute atomic E-state index is 15.8. The zero-order valence-corrected chi connectivity index (χ0v) is 18.8. The van der Waals surface area contributed by atoms with Crippen LogP contribution in [0, 0.1) is 24.0 Å².